The Bertz CT molecular complexity index is 1650. The maximum Gasteiger partial charge on any atom is 0.312 e. The maximum absolute atomic E-state index is 13.5. The predicted molar refractivity (Wildman–Crippen MR) is 142 cm³/mol. The fourth-order valence-electron chi connectivity index (χ4n) is 5.32. The van der Waals surface area contributed by atoms with Crippen molar-refractivity contribution in [2.24, 2.45) is 0 Å². The van der Waals surface area contributed by atoms with Crippen molar-refractivity contribution in [3.8, 4) is 28.7 Å². The summed E-state index contributed by atoms with van der Waals surface area (Å²) in [5.41, 5.74) is 2.65. The lowest BCUT2D eigenvalue weighted by Gasteiger charge is -2.27. The van der Waals surface area contributed by atoms with Crippen LogP contribution in [0.15, 0.2) is 72.5 Å². The molecule has 7 nitrogen and oxygen atoms in total. The van der Waals surface area contributed by atoms with Gasteiger partial charge in [-0.15, -0.1) is 0 Å². The van der Waals surface area contributed by atoms with Crippen molar-refractivity contribution < 1.29 is 33.3 Å². The van der Waals surface area contributed by atoms with Gasteiger partial charge in [-0.3, -0.25) is 9.59 Å². The number of methoxy groups -OCH3 is 3. The van der Waals surface area contributed by atoms with E-state index in [4.69, 9.17) is 23.7 Å². The lowest BCUT2D eigenvalue weighted by atomic mass is 9.82. The van der Waals surface area contributed by atoms with E-state index in [1.807, 2.05) is 48.5 Å². The van der Waals surface area contributed by atoms with Crippen LogP contribution in [0.2, 0.25) is 0 Å². The summed E-state index contributed by atoms with van der Waals surface area (Å²) in [6.45, 7) is 0. The molecule has 4 aromatic rings. The summed E-state index contributed by atoms with van der Waals surface area (Å²) in [7, 11) is 4.73. The Labute approximate surface area is 219 Å². The standard InChI is InChI=1S/C31H24O7/c1-34-23-13-11-19(18-8-4-5-9-20(18)23)22-16-27(32)37-24-14-12-21-29(33)26(38-31(21)28(22)24)15-17-7-6-10-25(35-2)30(17)36-3/h4-15,22H,16H2,1-3H3/b26-15-. The number of para-hydroxylation sites is 1. The molecule has 2 aliphatic heterocycles. The van der Waals surface area contributed by atoms with Crippen LogP contribution in [0.25, 0.3) is 16.8 Å². The third-order valence-electron chi connectivity index (χ3n) is 7.01. The highest BCUT2D eigenvalue weighted by molar-refractivity contribution is 6.15. The molecule has 0 fully saturated rings. The zero-order valence-electron chi connectivity index (χ0n) is 21.1. The van der Waals surface area contributed by atoms with Crippen LogP contribution in [-0.4, -0.2) is 33.1 Å². The molecular weight excluding hydrogens is 484 g/mol. The first kappa shape index (κ1) is 23.6. The molecule has 7 heteroatoms. The van der Waals surface area contributed by atoms with E-state index in [0.717, 1.165) is 22.1 Å². The van der Waals surface area contributed by atoms with Gasteiger partial charge < -0.3 is 23.7 Å². The largest absolute Gasteiger partial charge is 0.496 e. The molecule has 0 spiro atoms. The fraction of sp³-hybridized carbons (Fsp3) is 0.161. The van der Waals surface area contributed by atoms with Gasteiger partial charge in [-0.1, -0.05) is 42.5 Å². The van der Waals surface area contributed by atoms with Gasteiger partial charge in [-0.05, 0) is 41.3 Å². The second kappa shape index (κ2) is 9.27. The molecule has 0 saturated carbocycles. The van der Waals surface area contributed by atoms with Crippen molar-refractivity contribution >= 4 is 28.6 Å². The van der Waals surface area contributed by atoms with E-state index in [-0.39, 0.29) is 29.9 Å². The van der Waals surface area contributed by atoms with Crippen LogP contribution in [0, 0.1) is 0 Å². The summed E-state index contributed by atoms with van der Waals surface area (Å²) >= 11 is 0. The first-order valence-corrected chi connectivity index (χ1v) is 12.1. The molecule has 2 aliphatic rings. The third-order valence-corrected chi connectivity index (χ3v) is 7.01. The van der Waals surface area contributed by atoms with Gasteiger partial charge in [-0.2, -0.15) is 0 Å². The minimum absolute atomic E-state index is 0.111. The molecule has 4 aromatic carbocycles. The van der Waals surface area contributed by atoms with Crippen molar-refractivity contribution in [3.05, 3.63) is 94.7 Å². The minimum atomic E-state index is -0.379. The predicted octanol–water partition coefficient (Wildman–Crippen LogP) is 5.92. The Hall–Kier alpha value is -4.78. The Morgan fingerprint density at radius 2 is 1.58 bits per heavy atom. The number of Topliss-reactive ketones (excluding diaryl/α,β-unsaturated/α-hetero) is 1. The van der Waals surface area contributed by atoms with E-state index in [9.17, 15) is 9.59 Å². The van der Waals surface area contributed by atoms with E-state index < -0.39 is 0 Å². The molecule has 190 valence electrons. The normalized spacial score (nSPS) is 17.0. The number of carbonyl (C=O) groups is 2. The molecule has 0 aliphatic carbocycles. The molecule has 0 radical (unpaired) electrons. The molecule has 6 rings (SSSR count). The third kappa shape index (κ3) is 3.66. The molecular formula is C31H24O7. The zero-order valence-corrected chi connectivity index (χ0v) is 21.1. The van der Waals surface area contributed by atoms with E-state index in [2.05, 4.69) is 0 Å². The number of hydrogen-bond donors (Lipinski definition) is 0. The summed E-state index contributed by atoms with van der Waals surface area (Å²) in [6, 6.07) is 20.5. The summed E-state index contributed by atoms with van der Waals surface area (Å²) < 4.78 is 28.3. The van der Waals surface area contributed by atoms with E-state index >= 15 is 0 Å². The van der Waals surface area contributed by atoms with Crippen molar-refractivity contribution in [2.45, 2.75) is 12.3 Å². The Morgan fingerprint density at radius 3 is 2.34 bits per heavy atom. The van der Waals surface area contributed by atoms with Crippen molar-refractivity contribution in [1.29, 1.82) is 0 Å². The molecule has 0 saturated heterocycles. The van der Waals surface area contributed by atoms with Crippen molar-refractivity contribution in [3.63, 3.8) is 0 Å². The van der Waals surface area contributed by atoms with Crippen LogP contribution < -0.4 is 23.7 Å². The molecule has 1 unspecified atom stereocenters. The van der Waals surface area contributed by atoms with Gasteiger partial charge >= 0.3 is 5.97 Å². The average molecular weight is 509 g/mol. The number of rotatable bonds is 5. The zero-order chi connectivity index (χ0) is 26.4. The smallest absolute Gasteiger partial charge is 0.312 e. The Morgan fingerprint density at radius 1 is 0.789 bits per heavy atom. The van der Waals surface area contributed by atoms with Gasteiger partial charge in [0.05, 0.1) is 33.3 Å². The van der Waals surface area contributed by atoms with Gasteiger partial charge in [0, 0.05) is 22.4 Å². The van der Waals surface area contributed by atoms with Crippen LogP contribution in [0.3, 0.4) is 0 Å². The first-order chi connectivity index (χ1) is 18.5. The van der Waals surface area contributed by atoms with Gasteiger partial charge in [0.1, 0.15) is 17.2 Å². The van der Waals surface area contributed by atoms with Crippen LogP contribution in [0.1, 0.15) is 39.4 Å². The number of ether oxygens (including phenoxy) is 5. The van der Waals surface area contributed by atoms with Gasteiger partial charge in [0.25, 0.3) is 0 Å². The number of allylic oxidation sites excluding steroid dienone is 1. The molecule has 1 atom stereocenters. The molecule has 38 heavy (non-hydrogen) atoms. The van der Waals surface area contributed by atoms with Crippen LogP contribution in [0.5, 0.6) is 28.7 Å². The quantitative estimate of drug-likeness (QED) is 0.188. The van der Waals surface area contributed by atoms with Crippen LogP contribution in [-0.2, 0) is 4.79 Å². The molecule has 0 N–H and O–H groups in total. The molecule has 0 bridgehead atoms. The molecule has 0 amide bonds. The second-order valence-corrected chi connectivity index (χ2v) is 9.01. The van der Waals surface area contributed by atoms with E-state index in [1.165, 1.54) is 0 Å². The summed E-state index contributed by atoms with van der Waals surface area (Å²) in [4.78, 5) is 26.1. The monoisotopic (exact) mass is 508 g/mol. The second-order valence-electron chi connectivity index (χ2n) is 9.01. The number of ketones is 1. The number of benzene rings is 4. The topological polar surface area (TPSA) is 80.3 Å². The summed E-state index contributed by atoms with van der Waals surface area (Å²) in [5, 5.41) is 1.89. The van der Waals surface area contributed by atoms with E-state index in [1.54, 1.807) is 45.6 Å². The summed E-state index contributed by atoms with van der Waals surface area (Å²) in [5.74, 6) is 1.73. The maximum atomic E-state index is 13.5. The fourth-order valence-corrected chi connectivity index (χ4v) is 5.32. The summed E-state index contributed by atoms with van der Waals surface area (Å²) in [6.07, 6.45) is 1.75. The first-order valence-electron chi connectivity index (χ1n) is 12.1. The highest BCUT2D eigenvalue weighted by Crippen LogP contribution is 2.50. The molecule has 2 heterocycles. The van der Waals surface area contributed by atoms with Gasteiger partial charge in [0.15, 0.2) is 17.3 Å². The number of esters is 1. The number of fused-ring (bicyclic) bond motifs is 4. The lowest BCUT2D eigenvalue weighted by molar-refractivity contribution is -0.135. The average Bonchev–Trinajstić information content (AvgIpc) is 3.26. The van der Waals surface area contributed by atoms with Gasteiger partial charge in [0.2, 0.25) is 5.78 Å². The number of carbonyl (C=O) groups excluding carboxylic acids is 2. The van der Waals surface area contributed by atoms with Crippen molar-refractivity contribution in [1.82, 2.24) is 0 Å². The lowest BCUT2D eigenvalue weighted by Crippen LogP contribution is -2.21. The SMILES string of the molecule is COc1cccc(/C=C2\Oc3c(ccc4c3C(c3ccc(OC)c5ccccc35)CC(=O)O4)C2=O)c1OC. The minimum Gasteiger partial charge on any atom is -0.496 e. The van der Waals surface area contributed by atoms with Crippen LogP contribution >= 0.6 is 0 Å². The van der Waals surface area contributed by atoms with E-state index in [0.29, 0.717) is 39.7 Å². The van der Waals surface area contributed by atoms with Gasteiger partial charge in [-0.25, -0.2) is 0 Å². The van der Waals surface area contributed by atoms with Crippen molar-refractivity contribution in [2.75, 3.05) is 21.3 Å². The highest BCUT2D eigenvalue weighted by Gasteiger charge is 2.39. The Balaban J connectivity index is 1.50. The highest BCUT2D eigenvalue weighted by atomic mass is 16.5. The Kier molecular flexibility index (Phi) is 5.76. The van der Waals surface area contributed by atoms with Crippen LogP contribution in [0.4, 0.5) is 0 Å². The number of hydrogen-bond acceptors (Lipinski definition) is 7. The molecule has 0 aromatic heterocycles.